The molecule has 0 radical (unpaired) electrons. The summed E-state index contributed by atoms with van der Waals surface area (Å²) in [5.74, 6) is -5.36. The van der Waals surface area contributed by atoms with Gasteiger partial charge in [-0.1, -0.05) is 11.8 Å². The van der Waals surface area contributed by atoms with E-state index in [1.54, 1.807) is 0 Å². The summed E-state index contributed by atoms with van der Waals surface area (Å²) in [7, 11) is 0. The molecular formula is C21H5F18O2-. The van der Waals surface area contributed by atoms with E-state index in [1.165, 1.54) is 0 Å². The lowest BCUT2D eigenvalue weighted by atomic mass is 9.90. The van der Waals surface area contributed by atoms with E-state index < -0.39 is 123 Å². The molecule has 0 spiro atoms. The fourth-order valence-corrected chi connectivity index (χ4v) is 3.54. The van der Waals surface area contributed by atoms with Crippen molar-refractivity contribution in [1.82, 2.24) is 0 Å². The van der Waals surface area contributed by atoms with Gasteiger partial charge in [-0.25, -0.2) is 0 Å². The highest BCUT2D eigenvalue weighted by Crippen LogP contribution is 2.50. The molecule has 0 unspecified atom stereocenters. The molecule has 2 aromatic rings. The first kappa shape index (κ1) is 33.6. The van der Waals surface area contributed by atoms with Crippen LogP contribution in [0.5, 0.6) is 0 Å². The minimum Gasteiger partial charge on any atom is -0.872 e. The molecule has 0 N–H and O–H groups in total. The number of carbonyl (C=O) groups excluding carboxylic acids is 1. The summed E-state index contributed by atoms with van der Waals surface area (Å²) in [6.45, 7) is 0. The van der Waals surface area contributed by atoms with Crippen LogP contribution in [0.25, 0.3) is 5.76 Å². The summed E-state index contributed by atoms with van der Waals surface area (Å²) in [4.78, 5) is 12.3. The molecular weight excluding hydrogens is 626 g/mol. The van der Waals surface area contributed by atoms with E-state index in [2.05, 4.69) is 0 Å². The highest BCUT2D eigenvalue weighted by atomic mass is 19.4. The molecule has 0 fully saturated rings. The number of hydrogen-bond donors (Lipinski definition) is 0. The number of halogens is 18. The molecule has 0 aliphatic heterocycles. The van der Waals surface area contributed by atoms with Crippen molar-refractivity contribution in [2.24, 2.45) is 0 Å². The van der Waals surface area contributed by atoms with Crippen LogP contribution in [0, 0.1) is 0 Å². The average molecular weight is 631 g/mol. The summed E-state index contributed by atoms with van der Waals surface area (Å²) in [6.07, 6.45) is -39.1. The van der Waals surface area contributed by atoms with Crippen molar-refractivity contribution in [1.29, 1.82) is 0 Å². The van der Waals surface area contributed by atoms with Crippen molar-refractivity contribution in [2.75, 3.05) is 0 Å². The fraction of sp³-hybridized carbons (Fsp3) is 0.286. The van der Waals surface area contributed by atoms with E-state index in [-0.39, 0.29) is 0 Å². The van der Waals surface area contributed by atoms with E-state index in [4.69, 9.17) is 0 Å². The fourth-order valence-electron chi connectivity index (χ4n) is 3.54. The van der Waals surface area contributed by atoms with Gasteiger partial charge in [0.1, 0.15) is 0 Å². The van der Waals surface area contributed by atoms with Crippen LogP contribution in [-0.2, 0) is 37.1 Å². The Hall–Kier alpha value is -3.61. The maximum absolute atomic E-state index is 13.5. The van der Waals surface area contributed by atoms with Crippen molar-refractivity contribution < 1.29 is 88.9 Å². The van der Waals surface area contributed by atoms with Gasteiger partial charge in [0.2, 0.25) is 0 Å². The second-order valence-electron chi connectivity index (χ2n) is 7.68. The SMILES string of the molecule is O=C(/C=C(\[O-])c1ccc(C(F)(F)F)c(C(F)(F)F)c1C(F)(F)F)c1ccc(C(F)(F)F)c(C(F)(F)F)c1C(F)(F)F. The molecule has 2 aromatic carbocycles. The molecule has 0 heterocycles. The van der Waals surface area contributed by atoms with Gasteiger partial charge in [-0.05, 0) is 29.8 Å². The number of benzene rings is 2. The Morgan fingerprint density at radius 3 is 1.05 bits per heavy atom. The predicted octanol–water partition coefficient (Wildman–Crippen LogP) is 8.38. The molecule has 0 saturated carbocycles. The van der Waals surface area contributed by atoms with Crippen molar-refractivity contribution in [2.45, 2.75) is 37.1 Å². The number of alkyl halides is 18. The molecule has 0 amide bonds. The Morgan fingerprint density at radius 2 is 0.756 bits per heavy atom. The Bertz CT molecular complexity index is 1360. The van der Waals surface area contributed by atoms with Crippen LogP contribution in [0.2, 0.25) is 0 Å². The van der Waals surface area contributed by atoms with Crippen LogP contribution in [-0.4, -0.2) is 5.78 Å². The van der Waals surface area contributed by atoms with Crippen LogP contribution in [0.3, 0.4) is 0 Å². The molecule has 0 saturated heterocycles. The van der Waals surface area contributed by atoms with Gasteiger partial charge >= 0.3 is 37.1 Å². The topological polar surface area (TPSA) is 40.1 Å². The lowest BCUT2D eigenvalue weighted by Crippen LogP contribution is -2.26. The van der Waals surface area contributed by atoms with Crippen LogP contribution in [0.15, 0.2) is 30.3 Å². The second-order valence-corrected chi connectivity index (χ2v) is 7.68. The molecule has 0 bridgehead atoms. The zero-order valence-corrected chi connectivity index (χ0v) is 18.5. The Labute approximate surface area is 213 Å². The summed E-state index contributed by atoms with van der Waals surface area (Å²) in [5, 5.41) is 12.3. The van der Waals surface area contributed by atoms with E-state index in [9.17, 15) is 88.9 Å². The van der Waals surface area contributed by atoms with Crippen LogP contribution >= 0.6 is 0 Å². The van der Waals surface area contributed by atoms with Gasteiger partial charge in [0.05, 0.1) is 33.4 Å². The third-order valence-corrected chi connectivity index (χ3v) is 4.95. The van der Waals surface area contributed by atoms with Gasteiger partial charge in [-0.3, -0.25) is 4.79 Å². The molecule has 20 heteroatoms. The first-order valence-electron chi connectivity index (χ1n) is 9.71. The predicted molar refractivity (Wildman–Crippen MR) is 95.2 cm³/mol. The zero-order valence-electron chi connectivity index (χ0n) is 18.5. The maximum Gasteiger partial charge on any atom is 0.417 e. The average Bonchev–Trinajstić information content (AvgIpc) is 2.73. The zero-order chi connectivity index (χ0) is 32.3. The number of hydrogen-bond acceptors (Lipinski definition) is 2. The molecule has 0 aromatic heterocycles. The Balaban J connectivity index is 2.99. The largest absolute Gasteiger partial charge is 0.872 e. The summed E-state index contributed by atoms with van der Waals surface area (Å²) in [5.41, 5.74) is -24.4. The van der Waals surface area contributed by atoms with Crippen molar-refractivity contribution in [3.05, 3.63) is 74.8 Å². The van der Waals surface area contributed by atoms with Crippen LogP contribution in [0.1, 0.15) is 49.3 Å². The van der Waals surface area contributed by atoms with Crippen molar-refractivity contribution in [3.63, 3.8) is 0 Å². The summed E-state index contributed by atoms with van der Waals surface area (Å²) >= 11 is 0. The van der Waals surface area contributed by atoms with Gasteiger partial charge in [0.25, 0.3) is 0 Å². The highest BCUT2D eigenvalue weighted by molar-refractivity contribution is 6.09. The minimum absolute atomic E-state index is 0.536. The number of allylic oxidation sites excluding steroid dienone is 1. The van der Waals surface area contributed by atoms with Crippen molar-refractivity contribution >= 4 is 11.5 Å². The Kier molecular flexibility index (Phi) is 8.22. The summed E-state index contributed by atoms with van der Waals surface area (Å²) in [6, 6.07) is -2.45. The third-order valence-electron chi connectivity index (χ3n) is 4.95. The van der Waals surface area contributed by atoms with Crippen LogP contribution in [0.4, 0.5) is 79.0 Å². The monoisotopic (exact) mass is 631 g/mol. The van der Waals surface area contributed by atoms with Gasteiger partial charge in [0.15, 0.2) is 5.78 Å². The minimum atomic E-state index is -6.49. The van der Waals surface area contributed by atoms with E-state index in [0.29, 0.717) is 0 Å². The van der Waals surface area contributed by atoms with Gasteiger partial charge in [-0.2, -0.15) is 79.0 Å². The summed E-state index contributed by atoms with van der Waals surface area (Å²) < 4.78 is 239. The number of carbonyl (C=O) groups is 1. The van der Waals surface area contributed by atoms with Gasteiger partial charge in [0, 0.05) is 5.56 Å². The van der Waals surface area contributed by atoms with E-state index in [1.807, 2.05) is 0 Å². The smallest absolute Gasteiger partial charge is 0.417 e. The number of rotatable bonds is 3. The molecule has 228 valence electrons. The number of ketones is 1. The standard InChI is InChI=1S/C21H6F18O2/c22-16(23,24)8-3-1-6(12(18(28,29)30)14(8)20(34,35)36)10(40)5-11(41)7-2-4-9(17(25,26)27)15(21(37,38)39)13(7)19(31,32)33/h1-5,40H/p-1/b10-5-. The van der Waals surface area contributed by atoms with E-state index in [0.717, 1.165) is 0 Å². The molecule has 0 atom stereocenters. The Morgan fingerprint density at radius 1 is 0.463 bits per heavy atom. The molecule has 0 aliphatic carbocycles. The molecule has 0 aliphatic rings. The third kappa shape index (κ3) is 7.00. The molecule has 2 nitrogen and oxygen atoms in total. The quantitative estimate of drug-likeness (QED) is 0.148. The first-order chi connectivity index (χ1) is 18.0. The normalized spacial score (nSPS) is 14.4. The van der Waals surface area contributed by atoms with Gasteiger partial charge < -0.3 is 5.11 Å². The lowest BCUT2D eigenvalue weighted by molar-refractivity contribution is -0.244. The molecule has 41 heavy (non-hydrogen) atoms. The van der Waals surface area contributed by atoms with Crippen LogP contribution < -0.4 is 5.11 Å². The maximum atomic E-state index is 13.5. The molecule has 2 rings (SSSR count). The highest BCUT2D eigenvalue weighted by Gasteiger charge is 2.53. The lowest BCUT2D eigenvalue weighted by Gasteiger charge is -2.26. The van der Waals surface area contributed by atoms with Crippen molar-refractivity contribution in [3.8, 4) is 0 Å². The first-order valence-corrected chi connectivity index (χ1v) is 9.71. The second kappa shape index (κ2) is 10.0. The van der Waals surface area contributed by atoms with Gasteiger partial charge in [-0.15, -0.1) is 0 Å². The van der Waals surface area contributed by atoms with E-state index >= 15 is 0 Å².